The molecule has 0 radical (unpaired) electrons. The zero-order valence-electron chi connectivity index (χ0n) is 17.8. The summed E-state index contributed by atoms with van der Waals surface area (Å²) >= 11 is 1.35. The van der Waals surface area contributed by atoms with Crippen molar-refractivity contribution < 1.29 is 13.6 Å². The van der Waals surface area contributed by atoms with E-state index in [0.29, 0.717) is 28.5 Å². The van der Waals surface area contributed by atoms with Crippen molar-refractivity contribution in [3.05, 3.63) is 36.4 Å². The molecule has 4 aromatic rings. The Bertz CT molecular complexity index is 1350. The van der Waals surface area contributed by atoms with Crippen molar-refractivity contribution in [1.82, 2.24) is 19.8 Å². The largest absolute Gasteiger partial charge is 0.371 e. The number of nitrogens with zero attached hydrogens (tertiary/aromatic N) is 4. The van der Waals surface area contributed by atoms with E-state index < -0.39 is 12.1 Å². The predicted octanol–water partition coefficient (Wildman–Crippen LogP) is 4.49. The maximum absolute atomic E-state index is 15.6. The first-order valence-electron chi connectivity index (χ1n) is 10.3. The number of thioether (sulfide) groups is 1. The molecule has 7 nitrogen and oxygen atoms in total. The van der Waals surface area contributed by atoms with E-state index in [1.165, 1.54) is 11.8 Å². The number of carbonyl (C=O) groups excluding carboxylic acids is 1. The van der Waals surface area contributed by atoms with Crippen LogP contribution >= 0.6 is 11.8 Å². The number of aromatic nitrogens is 4. The maximum Gasteiger partial charge on any atom is 0.231 e. The molecule has 5 rings (SSSR count). The second kappa shape index (κ2) is 7.77. The summed E-state index contributed by atoms with van der Waals surface area (Å²) in [5, 5.41) is 15.0. The Morgan fingerprint density at radius 1 is 1.44 bits per heavy atom. The fourth-order valence-electron chi connectivity index (χ4n) is 3.97. The molecule has 0 spiro atoms. The van der Waals surface area contributed by atoms with Gasteiger partial charge in [0.25, 0.3) is 0 Å². The second-order valence-electron chi connectivity index (χ2n) is 7.91. The lowest BCUT2D eigenvalue weighted by Crippen LogP contribution is -2.18. The van der Waals surface area contributed by atoms with E-state index in [1.54, 1.807) is 23.0 Å². The number of amides is 1. The lowest BCUT2D eigenvalue weighted by atomic mass is 10.0. The third kappa shape index (κ3) is 3.29. The average Bonchev–Trinajstić information content (AvgIpc) is 3.15. The number of aromatic amines is 1. The third-order valence-electron chi connectivity index (χ3n) is 5.89. The van der Waals surface area contributed by atoms with E-state index >= 15 is 4.39 Å². The Balaban J connectivity index is 1.61. The van der Waals surface area contributed by atoms with E-state index in [9.17, 15) is 9.18 Å². The molecule has 1 fully saturated rings. The van der Waals surface area contributed by atoms with Gasteiger partial charge in [0.2, 0.25) is 5.91 Å². The third-order valence-corrected chi connectivity index (χ3v) is 6.68. The van der Waals surface area contributed by atoms with Crippen LogP contribution in [0.15, 0.2) is 35.5 Å². The van der Waals surface area contributed by atoms with Crippen LogP contribution < -0.4 is 10.2 Å². The van der Waals surface area contributed by atoms with Crippen LogP contribution in [0.5, 0.6) is 0 Å². The van der Waals surface area contributed by atoms with Gasteiger partial charge in [0.1, 0.15) is 6.17 Å². The number of fused-ring (bicyclic) bond motifs is 2. The molecule has 10 heteroatoms. The van der Waals surface area contributed by atoms with Crippen LogP contribution in [0.2, 0.25) is 0 Å². The van der Waals surface area contributed by atoms with Gasteiger partial charge in [-0.2, -0.15) is 10.2 Å². The number of rotatable bonds is 6. The number of alkyl halides is 1. The number of hydrogen-bond donors (Lipinski definition) is 2. The SMILES string of the molecule is CCN(C)c1c(F)c(SC)c(-c2ccn3nc(NC(=O)C4CC4F)cc3c2)c2cn[nH]c12. The van der Waals surface area contributed by atoms with Crippen LogP contribution in [-0.2, 0) is 4.79 Å². The lowest BCUT2D eigenvalue weighted by molar-refractivity contribution is -0.117. The minimum atomic E-state index is -1.06. The minimum Gasteiger partial charge on any atom is -0.371 e. The summed E-state index contributed by atoms with van der Waals surface area (Å²) < 4.78 is 30.4. The summed E-state index contributed by atoms with van der Waals surface area (Å²) in [6.45, 7) is 2.62. The number of pyridine rings is 1. The number of halogens is 2. The van der Waals surface area contributed by atoms with Gasteiger partial charge in [0.15, 0.2) is 11.6 Å². The average molecular weight is 457 g/mol. The van der Waals surface area contributed by atoms with Gasteiger partial charge in [-0.3, -0.25) is 9.89 Å². The normalized spacial score (nSPS) is 17.8. The van der Waals surface area contributed by atoms with Crippen molar-refractivity contribution in [3.63, 3.8) is 0 Å². The van der Waals surface area contributed by atoms with Gasteiger partial charge in [-0.05, 0) is 37.3 Å². The number of H-pyrrole nitrogens is 1. The number of carbonyl (C=O) groups is 1. The van der Waals surface area contributed by atoms with Crippen molar-refractivity contribution in [3.8, 4) is 11.1 Å². The highest BCUT2D eigenvalue weighted by Crippen LogP contribution is 2.44. The molecular formula is C22H22F2N6OS. The Hall–Kier alpha value is -3.14. The summed E-state index contributed by atoms with van der Waals surface area (Å²) in [6, 6.07) is 5.47. The molecule has 1 aromatic carbocycles. The topological polar surface area (TPSA) is 78.3 Å². The number of hydrogen-bond acceptors (Lipinski definition) is 5. The standard InChI is InChI=1S/C22H22F2N6OS/c1-4-29(2)20-18(24)21(32-3)17(14-10-25-27-19(14)20)11-5-6-30-12(7-11)8-16(28-30)26-22(31)13-9-15(13)23/h5-8,10,13,15H,4,9H2,1-3H3,(H,25,27)(H,26,28,31). The van der Waals surface area contributed by atoms with E-state index in [-0.39, 0.29) is 18.1 Å². The predicted molar refractivity (Wildman–Crippen MR) is 123 cm³/mol. The summed E-state index contributed by atoms with van der Waals surface area (Å²) in [5.74, 6) is -0.878. The molecule has 0 aliphatic heterocycles. The van der Waals surface area contributed by atoms with Gasteiger partial charge in [-0.15, -0.1) is 11.8 Å². The molecule has 2 N–H and O–H groups in total. The number of benzene rings is 1. The van der Waals surface area contributed by atoms with Gasteiger partial charge < -0.3 is 10.2 Å². The molecular weight excluding hydrogens is 434 g/mol. The van der Waals surface area contributed by atoms with Crippen LogP contribution in [0.4, 0.5) is 20.3 Å². The van der Waals surface area contributed by atoms with Gasteiger partial charge >= 0.3 is 0 Å². The maximum atomic E-state index is 15.6. The van der Waals surface area contributed by atoms with Crippen LogP contribution in [0.1, 0.15) is 13.3 Å². The first-order valence-corrected chi connectivity index (χ1v) is 11.5. The monoisotopic (exact) mass is 456 g/mol. The van der Waals surface area contributed by atoms with Gasteiger partial charge in [-0.25, -0.2) is 13.3 Å². The van der Waals surface area contributed by atoms with E-state index in [4.69, 9.17) is 0 Å². The molecule has 1 aliphatic rings. The van der Waals surface area contributed by atoms with Crippen LogP contribution in [0.3, 0.4) is 0 Å². The molecule has 166 valence electrons. The molecule has 2 atom stereocenters. The smallest absolute Gasteiger partial charge is 0.231 e. The van der Waals surface area contributed by atoms with Crippen molar-refractivity contribution in [2.75, 3.05) is 30.1 Å². The summed E-state index contributed by atoms with van der Waals surface area (Å²) in [5.41, 5.74) is 3.42. The molecule has 1 aliphatic carbocycles. The fourth-order valence-corrected chi connectivity index (χ4v) is 4.67. The number of anilines is 2. The van der Waals surface area contributed by atoms with Gasteiger partial charge in [-0.1, -0.05) is 0 Å². The van der Waals surface area contributed by atoms with E-state index in [1.807, 2.05) is 37.3 Å². The molecule has 1 saturated carbocycles. The van der Waals surface area contributed by atoms with E-state index in [2.05, 4.69) is 20.6 Å². The lowest BCUT2D eigenvalue weighted by Gasteiger charge is -2.22. The van der Waals surface area contributed by atoms with Gasteiger partial charge in [0.05, 0.1) is 33.7 Å². The first-order chi connectivity index (χ1) is 15.4. The molecule has 2 unspecified atom stereocenters. The molecule has 3 heterocycles. The number of nitrogens with one attached hydrogen (secondary N) is 2. The summed E-state index contributed by atoms with van der Waals surface area (Å²) in [4.78, 5) is 14.4. The van der Waals surface area contributed by atoms with E-state index in [0.717, 1.165) is 22.0 Å². The Morgan fingerprint density at radius 3 is 2.91 bits per heavy atom. The first kappa shape index (κ1) is 20.7. The molecule has 0 saturated heterocycles. The van der Waals surface area contributed by atoms with Crippen LogP contribution in [0.25, 0.3) is 27.5 Å². The highest BCUT2D eigenvalue weighted by atomic mass is 32.2. The van der Waals surface area contributed by atoms with Crippen molar-refractivity contribution in [1.29, 1.82) is 0 Å². The van der Waals surface area contributed by atoms with Gasteiger partial charge in [0, 0.05) is 36.8 Å². The van der Waals surface area contributed by atoms with Crippen molar-refractivity contribution >= 4 is 45.6 Å². The fraction of sp³-hybridized carbons (Fsp3) is 0.318. The Kier molecular flexibility index (Phi) is 5.04. The highest BCUT2D eigenvalue weighted by Gasteiger charge is 2.43. The zero-order valence-corrected chi connectivity index (χ0v) is 18.6. The highest BCUT2D eigenvalue weighted by molar-refractivity contribution is 7.98. The summed E-state index contributed by atoms with van der Waals surface area (Å²) in [6.07, 6.45) is 4.52. The molecule has 0 bridgehead atoms. The Labute approximate surface area is 187 Å². The second-order valence-corrected chi connectivity index (χ2v) is 8.72. The molecule has 1 amide bonds. The molecule has 3 aromatic heterocycles. The van der Waals surface area contributed by atoms with Crippen molar-refractivity contribution in [2.24, 2.45) is 5.92 Å². The molecule has 32 heavy (non-hydrogen) atoms. The zero-order chi connectivity index (χ0) is 22.6. The summed E-state index contributed by atoms with van der Waals surface area (Å²) in [7, 11) is 1.85. The van der Waals surface area contributed by atoms with Crippen LogP contribution in [-0.4, -0.2) is 51.7 Å². The van der Waals surface area contributed by atoms with Crippen molar-refractivity contribution in [2.45, 2.75) is 24.4 Å². The Morgan fingerprint density at radius 2 is 2.22 bits per heavy atom. The van der Waals surface area contributed by atoms with Crippen LogP contribution in [0, 0.1) is 11.7 Å². The minimum absolute atomic E-state index is 0.260. The quantitative estimate of drug-likeness (QED) is 0.418.